The van der Waals surface area contributed by atoms with Crippen molar-refractivity contribution in [2.45, 2.75) is 27.7 Å². The van der Waals surface area contributed by atoms with Gasteiger partial charge in [0.15, 0.2) is 0 Å². The smallest absolute Gasteiger partial charge is 0.338 e. The molecule has 0 saturated carbocycles. The van der Waals surface area contributed by atoms with E-state index in [-0.39, 0.29) is 17.9 Å². The lowest BCUT2D eigenvalue weighted by atomic mass is 10.1. The third-order valence-corrected chi connectivity index (χ3v) is 7.68. The normalized spacial score (nSPS) is 9.49. The Morgan fingerprint density at radius 1 is 0.571 bits per heavy atom. The number of esters is 3. The van der Waals surface area contributed by atoms with Crippen LogP contribution in [0.2, 0.25) is 0 Å². The molecule has 0 radical (unpaired) electrons. The first-order valence-corrected chi connectivity index (χ1v) is 16.0. The van der Waals surface area contributed by atoms with Crippen LogP contribution in [0.15, 0.2) is 88.3 Å². The molecule has 0 bridgehead atoms. The first-order chi connectivity index (χ1) is 23.1. The first-order valence-electron chi connectivity index (χ1n) is 14.4. The fourth-order valence-corrected chi connectivity index (χ4v) is 5.04. The molecule has 11 heteroatoms. The van der Waals surface area contributed by atoms with E-state index >= 15 is 0 Å². The van der Waals surface area contributed by atoms with E-state index in [0.29, 0.717) is 27.8 Å². The van der Waals surface area contributed by atoms with Crippen LogP contribution < -0.4 is 0 Å². The predicted molar refractivity (Wildman–Crippen MR) is 197 cm³/mol. The third-order valence-electron chi connectivity index (χ3n) is 6.70. The Balaban J connectivity index is 0.000000327. The average molecular weight is 799 g/mol. The number of benzene rings is 4. The molecule has 0 aliphatic rings. The Morgan fingerprint density at radius 3 is 1.20 bits per heavy atom. The second-order valence-electron chi connectivity index (χ2n) is 10.2. The number of halogens is 2. The number of aldehydes is 1. The zero-order chi connectivity index (χ0) is 37.3. The van der Waals surface area contributed by atoms with Crippen molar-refractivity contribution in [3.63, 3.8) is 0 Å². The lowest BCUT2D eigenvalue weighted by Crippen LogP contribution is -2.03. The van der Waals surface area contributed by atoms with Crippen LogP contribution >= 0.6 is 31.9 Å². The van der Waals surface area contributed by atoms with E-state index < -0.39 is 5.97 Å². The quantitative estimate of drug-likeness (QED) is 0.115. The van der Waals surface area contributed by atoms with Gasteiger partial charge in [-0.1, -0.05) is 62.7 Å². The Bertz CT molecular complexity index is 1740. The van der Waals surface area contributed by atoms with Crippen molar-refractivity contribution in [2.24, 2.45) is 0 Å². The molecule has 4 aromatic rings. The number of carbonyl (C=O) groups is 5. The van der Waals surface area contributed by atoms with Crippen molar-refractivity contribution in [2.75, 3.05) is 21.3 Å². The van der Waals surface area contributed by atoms with E-state index in [0.717, 1.165) is 43.0 Å². The maximum absolute atomic E-state index is 11.2. The highest BCUT2D eigenvalue weighted by molar-refractivity contribution is 9.10. The SMILES string of the molecule is C=Cc1ccc(C(=O)OC)c(C)c1.COC(=O)c1ccc(Br)cc1C.COC(=O)c1ccc(C=O)cc1C.Cc1cc(Br)ccc1C(=O)O. The van der Waals surface area contributed by atoms with Gasteiger partial charge in [-0.2, -0.15) is 0 Å². The summed E-state index contributed by atoms with van der Waals surface area (Å²) in [6.45, 7) is 10.9. The molecule has 49 heavy (non-hydrogen) atoms. The Labute approximate surface area is 303 Å². The Hall–Kier alpha value is -4.87. The zero-order valence-corrected chi connectivity index (χ0v) is 31.4. The molecular formula is C38H38Br2O9. The van der Waals surface area contributed by atoms with Gasteiger partial charge in [-0.15, -0.1) is 0 Å². The average Bonchev–Trinajstić information content (AvgIpc) is 3.07. The maximum atomic E-state index is 11.2. The fourth-order valence-electron chi connectivity index (χ4n) is 4.09. The van der Waals surface area contributed by atoms with Crippen molar-refractivity contribution < 1.29 is 43.3 Å². The fraction of sp³-hybridized carbons (Fsp3) is 0.184. The summed E-state index contributed by atoms with van der Waals surface area (Å²) >= 11 is 6.57. The van der Waals surface area contributed by atoms with E-state index in [1.165, 1.54) is 21.3 Å². The molecule has 0 unspecified atom stereocenters. The summed E-state index contributed by atoms with van der Waals surface area (Å²) in [6, 6.07) is 20.8. The summed E-state index contributed by atoms with van der Waals surface area (Å²) in [5, 5.41) is 8.64. The lowest BCUT2D eigenvalue weighted by molar-refractivity contribution is 0.0591. The van der Waals surface area contributed by atoms with Gasteiger partial charge < -0.3 is 19.3 Å². The number of hydrogen-bond donors (Lipinski definition) is 1. The molecule has 1 N–H and O–H groups in total. The summed E-state index contributed by atoms with van der Waals surface area (Å²) in [4.78, 5) is 54.3. The van der Waals surface area contributed by atoms with Crippen molar-refractivity contribution in [3.8, 4) is 0 Å². The number of hydrogen-bond acceptors (Lipinski definition) is 8. The zero-order valence-electron chi connectivity index (χ0n) is 28.3. The standard InChI is InChI=1S/C11H12O2.C10H10O3.C9H9BrO2.C8H7BrO2/c1-4-9-5-6-10(8(2)7-9)11(12)13-3;1-7-5-8(6-11)3-4-9(7)10(12)13-2;1-6-5-7(10)3-4-8(6)9(11)12-2;1-5-4-6(9)2-3-7(5)8(10)11/h4-7H,1H2,2-3H3;3-6H,1-2H3;3-5H,1-2H3;2-4H,1H3,(H,10,11). The molecule has 0 saturated heterocycles. The Morgan fingerprint density at radius 2 is 0.898 bits per heavy atom. The molecule has 9 nitrogen and oxygen atoms in total. The second-order valence-corrected chi connectivity index (χ2v) is 12.0. The van der Waals surface area contributed by atoms with Crippen LogP contribution in [0.5, 0.6) is 0 Å². The maximum Gasteiger partial charge on any atom is 0.338 e. The van der Waals surface area contributed by atoms with Crippen molar-refractivity contribution in [1.82, 2.24) is 0 Å². The highest BCUT2D eigenvalue weighted by Crippen LogP contribution is 2.17. The number of methoxy groups -OCH3 is 3. The Kier molecular flexibility index (Phi) is 18.2. The largest absolute Gasteiger partial charge is 0.478 e. The van der Waals surface area contributed by atoms with Crippen LogP contribution in [-0.4, -0.2) is 56.6 Å². The molecule has 0 fully saturated rings. The van der Waals surface area contributed by atoms with Crippen molar-refractivity contribution in [3.05, 3.63) is 144 Å². The van der Waals surface area contributed by atoms with Crippen LogP contribution in [0.4, 0.5) is 0 Å². The topological polar surface area (TPSA) is 133 Å². The molecule has 0 atom stereocenters. The minimum Gasteiger partial charge on any atom is -0.478 e. The summed E-state index contributed by atoms with van der Waals surface area (Å²) in [6.07, 6.45) is 2.49. The van der Waals surface area contributed by atoms with E-state index in [1.807, 2.05) is 38.1 Å². The number of carboxylic acid groups (broad SMARTS) is 1. The van der Waals surface area contributed by atoms with Crippen molar-refractivity contribution >= 4 is 68.1 Å². The lowest BCUT2D eigenvalue weighted by Gasteiger charge is -2.03. The number of ether oxygens (including phenoxy) is 3. The summed E-state index contributed by atoms with van der Waals surface area (Å²) in [7, 11) is 4.09. The third kappa shape index (κ3) is 13.6. The number of carbonyl (C=O) groups excluding carboxylic acids is 4. The molecule has 0 aliphatic heterocycles. The van der Waals surface area contributed by atoms with Gasteiger partial charge in [0.05, 0.1) is 43.6 Å². The van der Waals surface area contributed by atoms with Gasteiger partial charge in [0.25, 0.3) is 0 Å². The van der Waals surface area contributed by atoms with Gasteiger partial charge in [-0.3, -0.25) is 4.79 Å². The van der Waals surface area contributed by atoms with Gasteiger partial charge in [-0.05, 0) is 110 Å². The van der Waals surface area contributed by atoms with E-state index in [9.17, 15) is 24.0 Å². The second kappa shape index (κ2) is 21.2. The predicted octanol–water partition coefficient (Wildman–Crippen LogP) is 9.02. The number of aromatic carboxylic acids is 1. The summed E-state index contributed by atoms with van der Waals surface area (Å²) in [5.41, 5.74) is 6.97. The van der Waals surface area contributed by atoms with Crippen LogP contribution in [-0.2, 0) is 14.2 Å². The van der Waals surface area contributed by atoms with Crippen LogP contribution in [0.25, 0.3) is 6.08 Å². The van der Waals surface area contributed by atoms with Crippen LogP contribution in [0, 0.1) is 27.7 Å². The van der Waals surface area contributed by atoms with E-state index in [2.05, 4.69) is 52.6 Å². The van der Waals surface area contributed by atoms with Gasteiger partial charge in [0.1, 0.15) is 6.29 Å². The minimum atomic E-state index is -0.880. The molecule has 0 aromatic heterocycles. The van der Waals surface area contributed by atoms with Gasteiger partial charge in [0, 0.05) is 14.5 Å². The molecule has 4 aromatic carbocycles. The molecule has 0 heterocycles. The molecule has 0 spiro atoms. The van der Waals surface area contributed by atoms with Gasteiger partial charge >= 0.3 is 23.9 Å². The molecule has 258 valence electrons. The molecule has 0 aliphatic carbocycles. The highest BCUT2D eigenvalue weighted by Gasteiger charge is 2.10. The molecular weight excluding hydrogens is 760 g/mol. The van der Waals surface area contributed by atoms with Crippen LogP contribution in [0.1, 0.15) is 79.6 Å². The molecule has 0 amide bonds. The minimum absolute atomic E-state index is 0.292. The van der Waals surface area contributed by atoms with E-state index in [4.69, 9.17) is 5.11 Å². The number of rotatable bonds is 6. The van der Waals surface area contributed by atoms with Gasteiger partial charge in [0.2, 0.25) is 0 Å². The first kappa shape index (κ1) is 42.2. The number of carboxylic acids is 1. The highest BCUT2D eigenvalue weighted by atomic mass is 79.9. The summed E-state index contributed by atoms with van der Waals surface area (Å²) in [5.74, 6) is -1.85. The van der Waals surface area contributed by atoms with Crippen molar-refractivity contribution in [1.29, 1.82) is 0 Å². The van der Waals surface area contributed by atoms with Crippen LogP contribution in [0.3, 0.4) is 0 Å². The number of aryl methyl sites for hydroxylation is 4. The summed E-state index contributed by atoms with van der Waals surface area (Å²) < 4.78 is 15.7. The molecule has 4 rings (SSSR count). The van der Waals surface area contributed by atoms with E-state index in [1.54, 1.807) is 68.5 Å². The monoisotopic (exact) mass is 796 g/mol. The van der Waals surface area contributed by atoms with Gasteiger partial charge in [-0.25, -0.2) is 19.2 Å².